The number of carbonyl (C=O) groups is 1. The largest absolute Gasteiger partial charge is 0.465 e. The highest BCUT2D eigenvalue weighted by atomic mass is 127. The molecule has 0 saturated heterocycles. The molecule has 9 heteroatoms. The van der Waals surface area contributed by atoms with Crippen molar-refractivity contribution in [3.63, 3.8) is 0 Å². The molecular formula is C5H7F2IO5S. The minimum Gasteiger partial charge on any atom is -0.460 e. The Balaban J connectivity index is 4.39. The maximum atomic E-state index is 12.4. The Hall–Kier alpha value is -0.0300. The van der Waals surface area contributed by atoms with E-state index in [4.69, 9.17) is 4.55 Å². The summed E-state index contributed by atoms with van der Waals surface area (Å²) in [5.41, 5.74) is 0. The second kappa shape index (κ2) is 5.16. The molecule has 0 amide bonds. The van der Waals surface area contributed by atoms with Gasteiger partial charge in [0.25, 0.3) is 0 Å². The number of rotatable bonds is 5. The first kappa shape index (κ1) is 14.0. The summed E-state index contributed by atoms with van der Waals surface area (Å²) < 4.78 is 57.4. The minimum atomic E-state index is -5.75. The van der Waals surface area contributed by atoms with Gasteiger partial charge in [-0.1, -0.05) is 22.6 Å². The van der Waals surface area contributed by atoms with Gasteiger partial charge in [0.05, 0.1) is 6.61 Å². The van der Waals surface area contributed by atoms with Gasteiger partial charge in [0, 0.05) is 4.43 Å². The molecule has 0 aromatic heterocycles. The summed E-state index contributed by atoms with van der Waals surface area (Å²) >= 11 is 1.92. The number of carbonyl (C=O) groups excluding carboxylic acids is 1. The minimum absolute atomic E-state index is 0.313. The molecule has 14 heavy (non-hydrogen) atoms. The van der Waals surface area contributed by atoms with Gasteiger partial charge in [-0.05, 0) is 6.42 Å². The number of ether oxygens (including phenoxy) is 1. The molecule has 84 valence electrons. The Morgan fingerprint density at radius 3 is 2.36 bits per heavy atom. The van der Waals surface area contributed by atoms with Gasteiger partial charge in [0.2, 0.25) is 0 Å². The number of hydrogen-bond donors (Lipinski definition) is 1. The monoisotopic (exact) mass is 344 g/mol. The molecule has 0 aliphatic carbocycles. The predicted molar refractivity (Wildman–Crippen MR) is 51.0 cm³/mol. The van der Waals surface area contributed by atoms with Gasteiger partial charge in [-0.25, -0.2) is 4.79 Å². The second-order valence-electron chi connectivity index (χ2n) is 2.17. The van der Waals surface area contributed by atoms with Crippen LogP contribution < -0.4 is 0 Å². The second-order valence-corrected chi connectivity index (χ2v) is 4.71. The lowest BCUT2D eigenvalue weighted by atomic mass is 10.5. The molecular weight excluding hydrogens is 337 g/mol. The molecule has 0 atom stereocenters. The zero-order chi connectivity index (χ0) is 11.4. The van der Waals surface area contributed by atoms with Crippen molar-refractivity contribution in [2.75, 3.05) is 11.0 Å². The Bertz CT molecular complexity index is 301. The van der Waals surface area contributed by atoms with Crippen LogP contribution in [-0.2, 0) is 19.6 Å². The van der Waals surface area contributed by atoms with E-state index in [1.807, 2.05) is 22.6 Å². The SMILES string of the molecule is O=C(OCCCI)C(F)(F)S(=O)(=O)O. The topological polar surface area (TPSA) is 80.7 Å². The van der Waals surface area contributed by atoms with Crippen LogP contribution in [0.2, 0.25) is 0 Å². The van der Waals surface area contributed by atoms with Crippen molar-refractivity contribution in [1.29, 1.82) is 0 Å². The third kappa shape index (κ3) is 3.61. The Morgan fingerprint density at radius 2 is 2.00 bits per heavy atom. The first-order valence-corrected chi connectivity index (χ1v) is 6.28. The quantitative estimate of drug-likeness (QED) is 0.263. The van der Waals surface area contributed by atoms with E-state index in [-0.39, 0.29) is 6.61 Å². The Morgan fingerprint density at radius 1 is 1.50 bits per heavy atom. The summed E-state index contributed by atoms with van der Waals surface area (Å²) in [5.74, 6) is -2.26. The molecule has 0 aromatic rings. The van der Waals surface area contributed by atoms with E-state index in [2.05, 4.69) is 4.74 Å². The van der Waals surface area contributed by atoms with E-state index >= 15 is 0 Å². The summed E-state index contributed by atoms with van der Waals surface area (Å²) in [7, 11) is -5.75. The van der Waals surface area contributed by atoms with Crippen molar-refractivity contribution in [2.45, 2.75) is 11.7 Å². The molecule has 0 rings (SSSR count). The first-order valence-electron chi connectivity index (χ1n) is 3.31. The van der Waals surface area contributed by atoms with Crippen molar-refractivity contribution in [2.24, 2.45) is 0 Å². The summed E-state index contributed by atoms with van der Waals surface area (Å²) in [6.45, 7) is -0.313. The summed E-state index contributed by atoms with van der Waals surface area (Å²) in [6, 6.07) is 0. The summed E-state index contributed by atoms with van der Waals surface area (Å²) in [6.07, 6.45) is 0.327. The van der Waals surface area contributed by atoms with Gasteiger partial charge >= 0.3 is 21.3 Å². The van der Waals surface area contributed by atoms with Crippen molar-refractivity contribution < 1.29 is 31.3 Å². The smallest absolute Gasteiger partial charge is 0.460 e. The van der Waals surface area contributed by atoms with Gasteiger partial charge < -0.3 is 4.74 Å². The van der Waals surface area contributed by atoms with Crippen LogP contribution in [0, 0.1) is 0 Å². The molecule has 0 aliphatic heterocycles. The van der Waals surface area contributed by atoms with Crippen LogP contribution in [0.25, 0.3) is 0 Å². The van der Waals surface area contributed by atoms with Crippen molar-refractivity contribution >= 4 is 38.7 Å². The summed E-state index contributed by atoms with van der Waals surface area (Å²) in [4.78, 5) is 10.5. The van der Waals surface area contributed by atoms with Crippen LogP contribution in [0.1, 0.15) is 6.42 Å². The van der Waals surface area contributed by atoms with Crippen molar-refractivity contribution in [3.8, 4) is 0 Å². The van der Waals surface area contributed by atoms with Crippen molar-refractivity contribution in [1.82, 2.24) is 0 Å². The molecule has 0 saturated carbocycles. The highest BCUT2D eigenvalue weighted by molar-refractivity contribution is 14.1. The van der Waals surface area contributed by atoms with E-state index in [1.165, 1.54) is 0 Å². The third-order valence-electron chi connectivity index (χ3n) is 1.07. The molecule has 5 nitrogen and oxygen atoms in total. The maximum Gasteiger partial charge on any atom is 0.465 e. The molecule has 0 fully saturated rings. The average molecular weight is 344 g/mol. The Labute approximate surface area is 92.7 Å². The van der Waals surface area contributed by atoms with Crippen LogP contribution in [0.15, 0.2) is 0 Å². The first-order chi connectivity index (χ1) is 6.23. The molecule has 0 bridgehead atoms. The van der Waals surface area contributed by atoms with E-state index in [0.717, 1.165) is 0 Å². The number of esters is 1. The highest BCUT2D eigenvalue weighted by Gasteiger charge is 2.54. The lowest BCUT2D eigenvalue weighted by molar-refractivity contribution is -0.161. The highest BCUT2D eigenvalue weighted by Crippen LogP contribution is 2.22. The van der Waals surface area contributed by atoms with E-state index in [1.54, 1.807) is 0 Å². The number of halogens is 3. The lowest BCUT2D eigenvalue weighted by Crippen LogP contribution is -2.39. The van der Waals surface area contributed by atoms with Gasteiger partial charge in [0.1, 0.15) is 0 Å². The zero-order valence-corrected chi connectivity index (χ0v) is 9.72. The predicted octanol–water partition coefficient (Wildman–Crippen LogP) is 0.835. The standard InChI is InChI=1S/C5H7F2IO5S/c6-5(7,14(10,11)12)4(9)13-3-1-2-8/h1-3H2,(H,10,11,12). The van der Waals surface area contributed by atoms with Gasteiger partial charge in [-0.3, -0.25) is 4.55 Å². The molecule has 0 heterocycles. The molecule has 0 radical (unpaired) electrons. The fraction of sp³-hybridized carbons (Fsp3) is 0.800. The van der Waals surface area contributed by atoms with Gasteiger partial charge in [-0.2, -0.15) is 17.2 Å². The van der Waals surface area contributed by atoms with Gasteiger partial charge in [0.15, 0.2) is 0 Å². The van der Waals surface area contributed by atoms with E-state index in [0.29, 0.717) is 10.8 Å². The van der Waals surface area contributed by atoms with Crippen LogP contribution in [0.5, 0.6) is 0 Å². The lowest BCUT2D eigenvalue weighted by Gasteiger charge is -2.11. The summed E-state index contributed by atoms with van der Waals surface area (Å²) in [5, 5.41) is -4.89. The number of hydrogen-bond acceptors (Lipinski definition) is 4. The molecule has 0 unspecified atom stereocenters. The Kier molecular flexibility index (Phi) is 5.15. The molecule has 0 aromatic carbocycles. The fourth-order valence-electron chi connectivity index (χ4n) is 0.409. The van der Waals surface area contributed by atoms with Crippen LogP contribution in [-0.4, -0.2) is 35.2 Å². The van der Waals surface area contributed by atoms with Crippen LogP contribution >= 0.6 is 22.6 Å². The fourth-order valence-corrected chi connectivity index (χ4v) is 0.990. The normalized spacial score (nSPS) is 12.6. The van der Waals surface area contributed by atoms with Crippen LogP contribution in [0.3, 0.4) is 0 Å². The molecule has 0 spiro atoms. The maximum absolute atomic E-state index is 12.4. The van der Waals surface area contributed by atoms with E-state index in [9.17, 15) is 22.0 Å². The number of alkyl halides is 3. The third-order valence-corrected chi connectivity index (χ3v) is 2.65. The van der Waals surface area contributed by atoms with Gasteiger partial charge in [-0.15, -0.1) is 0 Å². The molecule has 0 aliphatic rings. The van der Waals surface area contributed by atoms with Crippen molar-refractivity contribution in [3.05, 3.63) is 0 Å². The average Bonchev–Trinajstić information content (AvgIpc) is 2.02. The molecule has 1 N–H and O–H groups in total. The zero-order valence-electron chi connectivity index (χ0n) is 6.74. The van der Waals surface area contributed by atoms with E-state index < -0.39 is 21.3 Å². The van der Waals surface area contributed by atoms with Crippen LogP contribution in [0.4, 0.5) is 8.78 Å².